The van der Waals surface area contributed by atoms with Crippen LogP contribution in [0.3, 0.4) is 0 Å². The molecule has 0 aromatic heterocycles. The maximum absolute atomic E-state index is 12.8. The maximum atomic E-state index is 12.8. The molecule has 1 heterocycles. The van der Waals surface area contributed by atoms with Crippen LogP contribution in [0.2, 0.25) is 0 Å². The highest BCUT2D eigenvalue weighted by molar-refractivity contribution is 8.18. The molecule has 1 aliphatic heterocycles. The first-order valence-corrected chi connectivity index (χ1v) is 12.3. The molecule has 0 unspecified atom stereocenters. The van der Waals surface area contributed by atoms with E-state index in [-0.39, 0.29) is 17.1 Å². The number of nitrogens with zero attached hydrogens (tertiary/aromatic N) is 1. The molecule has 0 aliphatic carbocycles. The second-order valence-electron chi connectivity index (χ2n) is 8.37. The van der Waals surface area contributed by atoms with E-state index in [0.717, 1.165) is 22.2 Å². The van der Waals surface area contributed by atoms with Crippen molar-refractivity contribution in [2.75, 3.05) is 19.0 Å². The van der Waals surface area contributed by atoms with Gasteiger partial charge in [-0.3, -0.25) is 19.3 Å². The molecule has 1 saturated heterocycles. The van der Waals surface area contributed by atoms with Crippen molar-refractivity contribution in [3.8, 4) is 11.5 Å². The first kappa shape index (κ1) is 26.5. The van der Waals surface area contributed by atoms with Gasteiger partial charge >= 0.3 is 0 Å². The number of carbonyl (C=O) groups excluding carboxylic acids is 4. The zero-order valence-corrected chi connectivity index (χ0v) is 21.4. The third-order valence-corrected chi connectivity index (χ3v) is 6.46. The van der Waals surface area contributed by atoms with Crippen LogP contribution in [0.4, 0.5) is 10.5 Å². The number of rotatable bonds is 9. The second-order valence-corrected chi connectivity index (χ2v) is 9.36. The van der Waals surface area contributed by atoms with Gasteiger partial charge < -0.3 is 24.7 Å². The Morgan fingerprint density at radius 1 is 1.03 bits per heavy atom. The highest BCUT2D eigenvalue weighted by Gasteiger charge is 2.36. The van der Waals surface area contributed by atoms with Crippen LogP contribution in [-0.2, 0) is 16.2 Å². The van der Waals surface area contributed by atoms with Gasteiger partial charge in [-0.25, -0.2) is 0 Å². The summed E-state index contributed by atoms with van der Waals surface area (Å²) in [5, 5.41) is 13.2. The summed E-state index contributed by atoms with van der Waals surface area (Å²) in [6.45, 7) is 1.63. The molecule has 1 aliphatic rings. The minimum Gasteiger partial charge on any atom is -0.545 e. The van der Waals surface area contributed by atoms with Gasteiger partial charge in [0.15, 0.2) is 11.5 Å². The van der Waals surface area contributed by atoms with E-state index in [2.05, 4.69) is 5.32 Å². The molecule has 3 amide bonds. The van der Waals surface area contributed by atoms with Crippen LogP contribution >= 0.6 is 11.8 Å². The average Bonchev–Trinajstić information content (AvgIpc) is 3.16. The highest BCUT2D eigenvalue weighted by Crippen LogP contribution is 2.34. The Morgan fingerprint density at radius 2 is 1.79 bits per heavy atom. The van der Waals surface area contributed by atoms with Crippen LogP contribution < -0.4 is 19.9 Å². The SMILES string of the molecule is COc1cc(/C=C2\SC(=O)N(CC(=O)Nc3ccc(C)cc3)C2=O)ccc1OCc1cccc(C(=O)[O-])c1. The lowest BCUT2D eigenvalue weighted by atomic mass is 10.1. The first-order chi connectivity index (χ1) is 18.2. The Balaban J connectivity index is 1.42. The number of carboxylic acid groups (broad SMARTS) is 1. The topological polar surface area (TPSA) is 125 Å². The van der Waals surface area contributed by atoms with E-state index in [0.29, 0.717) is 28.3 Å². The number of ether oxygens (including phenoxy) is 2. The Labute approximate surface area is 223 Å². The van der Waals surface area contributed by atoms with Gasteiger partial charge in [-0.15, -0.1) is 0 Å². The third-order valence-electron chi connectivity index (χ3n) is 5.55. The van der Waals surface area contributed by atoms with Gasteiger partial charge in [0.1, 0.15) is 13.2 Å². The van der Waals surface area contributed by atoms with Crippen molar-refractivity contribution >= 4 is 46.5 Å². The Morgan fingerprint density at radius 3 is 2.50 bits per heavy atom. The Bertz CT molecular complexity index is 1430. The molecule has 194 valence electrons. The molecule has 9 nitrogen and oxygen atoms in total. The number of carbonyl (C=O) groups is 4. The van der Waals surface area contributed by atoms with Gasteiger partial charge in [-0.05, 0) is 71.8 Å². The standard InChI is InChI=1S/C28H24N2O7S/c1-17-6-9-21(10-7-17)29-25(31)15-30-26(32)24(38-28(30)35)14-18-8-11-22(23(13-18)36-2)37-16-19-4-3-5-20(12-19)27(33)34/h3-14H,15-16H2,1-2H3,(H,29,31)(H,33,34)/p-1/b24-14-. The van der Waals surface area contributed by atoms with Gasteiger partial charge in [0.25, 0.3) is 11.1 Å². The number of imide groups is 1. The van der Waals surface area contributed by atoms with Crippen LogP contribution in [0.25, 0.3) is 6.08 Å². The smallest absolute Gasteiger partial charge is 0.294 e. The lowest BCUT2D eigenvalue weighted by Gasteiger charge is -2.13. The number of hydrogen-bond donors (Lipinski definition) is 1. The number of methoxy groups -OCH3 is 1. The highest BCUT2D eigenvalue weighted by atomic mass is 32.2. The van der Waals surface area contributed by atoms with Crippen LogP contribution in [0, 0.1) is 6.92 Å². The summed E-state index contributed by atoms with van der Waals surface area (Å²) in [4.78, 5) is 49.8. The molecule has 1 N–H and O–H groups in total. The van der Waals surface area contributed by atoms with E-state index < -0.39 is 29.6 Å². The molecule has 0 saturated carbocycles. The van der Waals surface area contributed by atoms with Gasteiger partial charge in [0.2, 0.25) is 5.91 Å². The van der Waals surface area contributed by atoms with Crippen LogP contribution in [-0.4, -0.2) is 41.6 Å². The molecular formula is C28H23N2O7S-. The van der Waals surface area contributed by atoms with Crippen molar-refractivity contribution in [1.29, 1.82) is 0 Å². The van der Waals surface area contributed by atoms with E-state index in [1.54, 1.807) is 48.5 Å². The number of hydrogen-bond acceptors (Lipinski definition) is 8. The number of aromatic carboxylic acids is 1. The minimum atomic E-state index is -1.27. The van der Waals surface area contributed by atoms with Crippen molar-refractivity contribution < 1.29 is 33.8 Å². The monoisotopic (exact) mass is 531 g/mol. The quantitative estimate of drug-likeness (QED) is 0.415. The number of thioether (sulfide) groups is 1. The maximum Gasteiger partial charge on any atom is 0.294 e. The number of carboxylic acids is 1. The lowest BCUT2D eigenvalue weighted by molar-refractivity contribution is -0.255. The normalized spacial score (nSPS) is 14.1. The molecular weight excluding hydrogens is 508 g/mol. The zero-order valence-electron chi connectivity index (χ0n) is 20.6. The van der Waals surface area contributed by atoms with Gasteiger partial charge in [-0.2, -0.15) is 0 Å². The van der Waals surface area contributed by atoms with Gasteiger partial charge in [0, 0.05) is 5.69 Å². The van der Waals surface area contributed by atoms with Crippen LogP contribution in [0.5, 0.6) is 11.5 Å². The molecule has 4 rings (SSSR count). The second kappa shape index (κ2) is 11.7. The van der Waals surface area contributed by atoms with E-state index >= 15 is 0 Å². The average molecular weight is 532 g/mol. The summed E-state index contributed by atoms with van der Waals surface area (Å²) in [5.41, 5.74) is 2.89. The third kappa shape index (κ3) is 6.40. The van der Waals surface area contributed by atoms with Crippen LogP contribution in [0.15, 0.2) is 71.6 Å². The van der Waals surface area contributed by atoms with Crippen LogP contribution in [0.1, 0.15) is 27.0 Å². The number of benzene rings is 3. The number of aryl methyl sites for hydroxylation is 1. The summed E-state index contributed by atoms with van der Waals surface area (Å²) >= 11 is 0.749. The van der Waals surface area contributed by atoms with Crippen molar-refractivity contribution in [2.24, 2.45) is 0 Å². The van der Waals surface area contributed by atoms with Crippen molar-refractivity contribution in [2.45, 2.75) is 13.5 Å². The van der Waals surface area contributed by atoms with Crippen molar-refractivity contribution in [3.05, 3.63) is 93.9 Å². The van der Waals surface area contributed by atoms with Crippen molar-refractivity contribution in [3.63, 3.8) is 0 Å². The number of nitrogens with one attached hydrogen (secondary N) is 1. The Hall–Kier alpha value is -4.57. The number of anilines is 1. The summed E-state index contributed by atoms with van der Waals surface area (Å²) < 4.78 is 11.2. The summed E-state index contributed by atoms with van der Waals surface area (Å²) in [7, 11) is 1.46. The van der Waals surface area contributed by atoms with Crippen molar-refractivity contribution in [1.82, 2.24) is 4.90 Å². The van der Waals surface area contributed by atoms with Gasteiger partial charge in [-0.1, -0.05) is 42.0 Å². The predicted molar refractivity (Wildman–Crippen MR) is 141 cm³/mol. The minimum absolute atomic E-state index is 0.0509. The molecule has 0 bridgehead atoms. The molecule has 3 aromatic carbocycles. The number of amides is 3. The molecule has 3 aromatic rings. The lowest BCUT2D eigenvalue weighted by Crippen LogP contribution is -2.36. The molecule has 1 fully saturated rings. The first-order valence-electron chi connectivity index (χ1n) is 11.5. The molecule has 0 radical (unpaired) electrons. The van der Waals surface area contributed by atoms with E-state index in [4.69, 9.17) is 9.47 Å². The molecule has 0 atom stereocenters. The largest absolute Gasteiger partial charge is 0.545 e. The molecule has 10 heteroatoms. The predicted octanol–water partition coefficient (Wildman–Crippen LogP) is 3.62. The summed E-state index contributed by atoms with van der Waals surface area (Å²) in [6, 6.07) is 18.4. The fraction of sp³-hybridized carbons (Fsp3) is 0.143. The Kier molecular flexibility index (Phi) is 8.12. The van der Waals surface area contributed by atoms with E-state index in [1.165, 1.54) is 19.2 Å². The van der Waals surface area contributed by atoms with Gasteiger partial charge in [0.05, 0.1) is 18.0 Å². The fourth-order valence-corrected chi connectivity index (χ4v) is 4.45. The summed E-state index contributed by atoms with van der Waals surface area (Å²) in [5.74, 6) is -1.53. The molecule has 0 spiro atoms. The zero-order chi connectivity index (χ0) is 27.2. The van der Waals surface area contributed by atoms with E-state index in [9.17, 15) is 24.3 Å². The van der Waals surface area contributed by atoms with E-state index in [1.807, 2.05) is 19.1 Å². The molecule has 38 heavy (non-hydrogen) atoms. The fourth-order valence-electron chi connectivity index (χ4n) is 3.61. The summed E-state index contributed by atoms with van der Waals surface area (Å²) in [6.07, 6.45) is 1.54.